The van der Waals surface area contributed by atoms with E-state index >= 15 is 0 Å². The maximum absolute atomic E-state index is 4.50. The van der Waals surface area contributed by atoms with E-state index in [0.717, 1.165) is 29.1 Å². The van der Waals surface area contributed by atoms with E-state index in [0.29, 0.717) is 0 Å². The van der Waals surface area contributed by atoms with Crippen LogP contribution in [0.15, 0.2) is 16.9 Å². The number of halogens is 1. The minimum atomic E-state index is 0.771. The second-order valence-electron chi connectivity index (χ2n) is 4.66. The molecular weight excluding hydrogens is 294 g/mol. The molecule has 0 amide bonds. The van der Waals surface area contributed by atoms with E-state index in [-0.39, 0.29) is 0 Å². The van der Waals surface area contributed by atoms with Crippen LogP contribution >= 0.6 is 15.9 Å². The predicted molar refractivity (Wildman–Crippen MR) is 74.1 cm³/mol. The zero-order valence-electron chi connectivity index (χ0n) is 11.2. The summed E-state index contributed by atoms with van der Waals surface area (Å²) in [4.78, 5) is 2.21. The Balaban J connectivity index is 2.02. The molecule has 0 radical (unpaired) electrons. The second kappa shape index (κ2) is 5.24. The summed E-state index contributed by atoms with van der Waals surface area (Å²) in [6.07, 6.45) is 3.93. The van der Waals surface area contributed by atoms with Crippen LogP contribution in [0.4, 0.5) is 0 Å². The molecular formula is C12H18BrN5. The lowest BCUT2D eigenvalue weighted by atomic mass is 10.3. The maximum Gasteiger partial charge on any atom is 0.0932 e. The molecule has 0 fully saturated rings. The van der Waals surface area contributed by atoms with E-state index < -0.39 is 0 Å². The summed E-state index contributed by atoms with van der Waals surface area (Å²) in [6, 6.07) is 0. The Morgan fingerprint density at radius 2 is 2.11 bits per heavy atom. The highest BCUT2D eigenvalue weighted by Crippen LogP contribution is 2.19. The molecule has 98 valence electrons. The molecule has 2 aromatic rings. The average molecular weight is 312 g/mol. The van der Waals surface area contributed by atoms with Gasteiger partial charge in [-0.2, -0.15) is 10.2 Å². The van der Waals surface area contributed by atoms with Crippen molar-refractivity contribution in [1.29, 1.82) is 0 Å². The van der Waals surface area contributed by atoms with Crippen LogP contribution in [0, 0.1) is 13.8 Å². The third-order valence-corrected chi connectivity index (χ3v) is 4.03. The summed E-state index contributed by atoms with van der Waals surface area (Å²) in [7, 11) is 4.01. The first kappa shape index (κ1) is 13.3. The Bertz CT molecular complexity index is 543. The molecule has 0 aliphatic carbocycles. The summed E-state index contributed by atoms with van der Waals surface area (Å²) in [5, 5.41) is 8.68. The Morgan fingerprint density at radius 3 is 2.61 bits per heavy atom. The van der Waals surface area contributed by atoms with Crippen LogP contribution in [0.3, 0.4) is 0 Å². The summed E-state index contributed by atoms with van der Waals surface area (Å²) < 4.78 is 4.93. The lowest BCUT2D eigenvalue weighted by Crippen LogP contribution is -2.22. The quantitative estimate of drug-likeness (QED) is 0.868. The Kier molecular flexibility index (Phi) is 3.87. The van der Waals surface area contributed by atoms with Crippen molar-refractivity contribution in [3.05, 3.63) is 33.8 Å². The molecule has 0 unspecified atom stereocenters. The van der Waals surface area contributed by atoms with E-state index in [2.05, 4.69) is 45.0 Å². The minimum Gasteiger partial charge on any atom is -0.283 e. The van der Waals surface area contributed by atoms with Crippen molar-refractivity contribution in [2.45, 2.75) is 27.1 Å². The van der Waals surface area contributed by atoms with E-state index in [9.17, 15) is 0 Å². The first-order valence-electron chi connectivity index (χ1n) is 5.83. The van der Waals surface area contributed by atoms with E-state index in [4.69, 9.17) is 0 Å². The molecule has 18 heavy (non-hydrogen) atoms. The standard InChI is InChI=1S/C12H18BrN5/c1-9-12(13)10(2)18(15-9)8-16(3)6-11-5-14-17(4)7-11/h5,7H,6,8H2,1-4H3. The molecule has 0 spiro atoms. The molecule has 0 N–H and O–H groups in total. The fraction of sp³-hybridized carbons (Fsp3) is 0.500. The fourth-order valence-electron chi connectivity index (χ4n) is 1.96. The molecule has 5 nitrogen and oxygen atoms in total. The van der Waals surface area contributed by atoms with Gasteiger partial charge in [-0.05, 0) is 36.8 Å². The average Bonchev–Trinajstić information content (AvgIpc) is 2.80. The van der Waals surface area contributed by atoms with Gasteiger partial charge in [-0.15, -0.1) is 0 Å². The lowest BCUT2D eigenvalue weighted by molar-refractivity contribution is 0.243. The van der Waals surface area contributed by atoms with Crippen molar-refractivity contribution in [3.8, 4) is 0 Å². The highest BCUT2D eigenvalue weighted by atomic mass is 79.9. The van der Waals surface area contributed by atoms with Gasteiger partial charge in [0.15, 0.2) is 0 Å². The van der Waals surface area contributed by atoms with Crippen LogP contribution in [-0.2, 0) is 20.3 Å². The van der Waals surface area contributed by atoms with Gasteiger partial charge in [-0.1, -0.05) is 0 Å². The van der Waals surface area contributed by atoms with Crippen molar-refractivity contribution in [1.82, 2.24) is 24.5 Å². The number of hydrogen-bond donors (Lipinski definition) is 0. The zero-order chi connectivity index (χ0) is 13.3. The van der Waals surface area contributed by atoms with Gasteiger partial charge in [0.25, 0.3) is 0 Å². The van der Waals surface area contributed by atoms with Crippen LogP contribution in [0.2, 0.25) is 0 Å². The largest absolute Gasteiger partial charge is 0.283 e. The van der Waals surface area contributed by atoms with Gasteiger partial charge in [-0.3, -0.25) is 14.3 Å². The molecule has 0 aliphatic rings. The van der Waals surface area contributed by atoms with E-state index in [1.165, 1.54) is 5.56 Å². The summed E-state index contributed by atoms with van der Waals surface area (Å²) in [6.45, 7) is 5.72. The van der Waals surface area contributed by atoms with Crippen molar-refractivity contribution in [2.75, 3.05) is 7.05 Å². The number of nitrogens with zero attached hydrogens (tertiary/aromatic N) is 5. The van der Waals surface area contributed by atoms with Gasteiger partial charge in [-0.25, -0.2) is 0 Å². The molecule has 2 heterocycles. The number of aromatic nitrogens is 4. The molecule has 0 bridgehead atoms. The number of aryl methyl sites for hydroxylation is 2. The first-order valence-corrected chi connectivity index (χ1v) is 6.62. The summed E-state index contributed by atoms with van der Waals surface area (Å²) in [5.41, 5.74) is 3.40. The van der Waals surface area contributed by atoms with Gasteiger partial charge in [0.05, 0.1) is 28.7 Å². The van der Waals surface area contributed by atoms with Gasteiger partial charge in [0, 0.05) is 25.4 Å². The molecule has 0 saturated heterocycles. The van der Waals surface area contributed by atoms with Crippen molar-refractivity contribution < 1.29 is 0 Å². The topological polar surface area (TPSA) is 38.9 Å². The van der Waals surface area contributed by atoms with Crippen LogP contribution < -0.4 is 0 Å². The number of rotatable bonds is 4. The maximum atomic E-state index is 4.50. The van der Waals surface area contributed by atoms with E-state index in [1.54, 1.807) is 0 Å². The lowest BCUT2D eigenvalue weighted by Gasteiger charge is -2.16. The fourth-order valence-corrected chi connectivity index (χ4v) is 2.24. The molecule has 2 rings (SSSR count). The molecule has 0 atom stereocenters. The molecule has 0 saturated carbocycles. The Hall–Kier alpha value is -1.14. The zero-order valence-corrected chi connectivity index (χ0v) is 12.8. The SMILES string of the molecule is Cc1nn(CN(C)Cc2cnn(C)c2)c(C)c1Br. The second-order valence-corrected chi connectivity index (χ2v) is 5.46. The molecule has 2 aromatic heterocycles. The predicted octanol–water partition coefficient (Wildman–Crippen LogP) is 2.09. The van der Waals surface area contributed by atoms with Crippen LogP contribution in [0.1, 0.15) is 17.0 Å². The van der Waals surface area contributed by atoms with Crippen molar-refractivity contribution in [3.63, 3.8) is 0 Å². The first-order chi connectivity index (χ1) is 8.47. The minimum absolute atomic E-state index is 0.771. The third kappa shape index (κ3) is 2.81. The van der Waals surface area contributed by atoms with Gasteiger partial charge < -0.3 is 0 Å². The van der Waals surface area contributed by atoms with Crippen molar-refractivity contribution in [2.24, 2.45) is 7.05 Å². The number of hydrogen-bond acceptors (Lipinski definition) is 3. The Morgan fingerprint density at radius 1 is 1.39 bits per heavy atom. The summed E-state index contributed by atoms with van der Waals surface area (Å²) in [5.74, 6) is 0. The molecule has 0 aliphatic heterocycles. The molecule has 6 heteroatoms. The highest BCUT2D eigenvalue weighted by Gasteiger charge is 2.10. The Labute approximate surface area is 116 Å². The molecule has 0 aromatic carbocycles. The summed E-state index contributed by atoms with van der Waals surface area (Å²) >= 11 is 3.54. The van der Waals surface area contributed by atoms with Crippen LogP contribution in [0.25, 0.3) is 0 Å². The van der Waals surface area contributed by atoms with Crippen molar-refractivity contribution >= 4 is 15.9 Å². The third-order valence-electron chi connectivity index (χ3n) is 2.88. The van der Waals surface area contributed by atoms with Crippen LogP contribution in [0.5, 0.6) is 0 Å². The van der Waals surface area contributed by atoms with Gasteiger partial charge >= 0.3 is 0 Å². The smallest absolute Gasteiger partial charge is 0.0932 e. The highest BCUT2D eigenvalue weighted by molar-refractivity contribution is 9.10. The van der Waals surface area contributed by atoms with Crippen LogP contribution in [-0.4, -0.2) is 31.5 Å². The van der Waals surface area contributed by atoms with Gasteiger partial charge in [0.1, 0.15) is 0 Å². The normalized spacial score (nSPS) is 11.4. The monoisotopic (exact) mass is 311 g/mol. The van der Waals surface area contributed by atoms with Gasteiger partial charge in [0.2, 0.25) is 0 Å². The van der Waals surface area contributed by atoms with E-state index in [1.807, 2.05) is 35.7 Å².